The van der Waals surface area contributed by atoms with Crippen LogP contribution in [0, 0.1) is 0 Å². The minimum Gasteiger partial charge on any atom is -0.296 e. The zero-order valence-electron chi connectivity index (χ0n) is 14.4. The molecule has 0 saturated carbocycles. The Kier molecular flexibility index (Phi) is 4.89. The maximum absolute atomic E-state index is 12.5. The summed E-state index contributed by atoms with van der Waals surface area (Å²) in [7, 11) is 0. The molecule has 6 heteroatoms. The number of hydrogen-bond acceptors (Lipinski definition) is 4. The van der Waals surface area contributed by atoms with Gasteiger partial charge in [-0.15, -0.1) is 0 Å². The second kappa shape index (κ2) is 7.31. The van der Waals surface area contributed by atoms with Gasteiger partial charge in [-0.1, -0.05) is 46.3 Å². The summed E-state index contributed by atoms with van der Waals surface area (Å²) < 4.78 is 1.13. The van der Waals surface area contributed by atoms with Gasteiger partial charge < -0.3 is 0 Å². The van der Waals surface area contributed by atoms with Crippen LogP contribution < -0.4 is 0 Å². The molecule has 0 aliphatic carbocycles. The van der Waals surface area contributed by atoms with Crippen LogP contribution in [0.1, 0.15) is 26.3 Å². The van der Waals surface area contributed by atoms with Crippen molar-refractivity contribution in [3.63, 3.8) is 0 Å². The van der Waals surface area contributed by atoms with E-state index < -0.39 is 0 Å². The van der Waals surface area contributed by atoms with Gasteiger partial charge in [0.2, 0.25) is 0 Å². The third kappa shape index (κ3) is 3.32. The highest BCUT2D eigenvalue weighted by Crippen LogP contribution is 2.23. The molecule has 1 fully saturated rings. The first-order chi connectivity index (χ1) is 12.6. The maximum Gasteiger partial charge on any atom is 0.262 e. The summed E-state index contributed by atoms with van der Waals surface area (Å²) in [5, 5.41) is 0. The van der Waals surface area contributed by atoms with Gasteiger partial charge in [-0.2, -0.15) is 0 Å². The average Bonchev–Trinajstić information content (AvgIpc) is 2.90. The molecule has 2 aliphatic heterocycles. The van der Waals surface area contributed by atoms with Gasteiger partial charge in [-0.25, -0.2) is 0 Å². The summed E-state index contributed by atoms with van der Waals surface area (Å²) in [5.74, 6) is -0.359. The SMILES string of the molecule is O=C1c2ccccc2C(=O)N1CN1CCN(Cc2ccccc2Br)CC1. The van der Waals surface area contributed by atoms with E-state index in [1.807, 2.05) is 6.07 Å². The van der Waals surface area contributed by atoms with Crippen molar-refractivity contribution >= 4 is 27.7 Å². The standard InChI is InChI=1S/C20H20BrN3O2/c21-18-8-4-1-5-15(18)13-22-9-11-23(12-10-22)14-24-19(25)16-6-2-3-7-17(16)20(24)26/h1-8H,9-14H2. The zero-order valence-corrected chi connectivity index (χ0v) is 16.0. The highest BCUT2D eigenvalue weighted by Gasteiger charge is 2.36. The predicted molar refractivity (Wildman–Crippen MR) is 103 cm³/mol. The molecule has 2 aromatic rings. The van der Waals surface area contributed by atoms with Crippen LogP contribution in [0.5, 0.6) is 0 Å². The highest BCUT2D eigenvalue weighted by atomic mass is 79.9. The predicted octanol–water partition coefficient (Wildman–Crippen LogP) is 2.82. The third-order valence-corrected chi connectivity index (χ3v) is 5.81. The van der Waals surface area contributed by atoms with Crippen molar-refractivity contribution in [1.29, 1.82) is 0 Å². The third-order valence-electron chi connectivity index (χ3n) is 5.04. The van der Waals surface area contributed by atoms with Crippen molar-refractivity contribution in [3.05, 3.63) is 69.7 Å². The van der Waals surface area contributed by atoms with Crippen molar-refractivity contribution in [2.24, 2.45) is 0 Å². The van der Waals surface area contributed by atoms with Gasteiger partial charge >= 0.3 is 0 Å². The Labute approximate surface area is 161 Å². The number of carbonyl (C=O) groups excluding carboxylic acids is 2. The first-order valence-electron chi connectivity index (χ1n) is 8.77. The molecule has 0 radical (unpaired) electrons. The van der Waals surface area contributed by atoms with Crippen molar-refractivity contribution < 1.29 is 9.59 Å². The number of amides is 2. The molecular formula is C20H20BrN3O2. The Morgan fingerprint density at radius 1 is 0.769 bits per heavy atom. The summed E-state index contributed by atoms with van der Waals surface area (Å²) >= 11 is 3.60. The molecule has 0 N–H and O–H groups in total. The van der Waals surface area contributed by atoms with Gasteiger partial charge in [0.25, 0.3) is 11.8 Å². The fraction of sp³-hybridized carbons (Fsp3) is 0.300. The lowest BCUT2D eigenvalue weighted by molar-refractivity contribution is 0.0447. The number of fused-ring (bicyclic) bond motifs is 1. The Morgan fingerprint density at radius 3 is 1.92 bits per heavy atom. The van der Waals surface area contributed by atoms with Crippen LogP contribution >= 0.6 is 15.9 Å². The van der Waals surface area contributed by atoms with Gasteiger partial charge in [0, 0.05) is 37.2 Å². The van der Waals surface area contributed by atoms with E-state index in [1.54, 1.807) is 24.3 Å². The molecule has 0 unspecified atom stereocenters. The Morgan fingerprint density at radius 2 is 1.31 bits per heavy atom. The smallest absolute Gasteiger partial charge is 0.262 e. The van der Waals surface area contributed by atoms with E-state index in [2.05, 4.69) is 43.9 Å². The van der Waals surface area contributed by atoms with E-state index in [-0.39, 0.29) is 11.8 Å². The number of halogens is 1. The number of hydrogen-bond donors (Lipinski definition) is 0. The molecule has 2 aromatic carbocycles. The summed E-state index contributed by atoms with van der Waals surface area (Å²) in [6.45, 7) is 4.81. The second-order valence-corrected chi connectivity index (χ2v) is 7.57. The van der Waals surface area contributed by atoms with Crippen molar-refractivity contribution in [3.8, 4) is 0 Å². The molecule has 0 bridgehead atoms. The minimum atomic E-state index is -0.179. The van der Waals surface area contributed by atoms with Crippen LogP contribution in [0.4, 0.5) is 0 Å². The monoisotopic (exact) mass is 413 g/mol. The normalized spacial score (nSPS) is 18.4. The number of carbonyl (C=O) groups is 2. The van der Waals surface area contributed by atoms with E-state index in [0.717, 1.165) is 37.2 Å². The number of imide groups is 1. The molecule has 1 saturated heterocycles. The van der Waals surface area contributed by atoms with Crippen LogP contribution in [-0.4, -0.2) is 59.4 Å². The number of benzene rings is 2. The fourth-order valence-electron chi connectivity index (χ4n) is 3.52. The van der Waals surface area contributed by atoms with Crippen molar-refractivity contribution in [2.45, 2.75) is 6.54 Å². The summed E-state index contributed by atoms with van der Waals surface area (Å²) in [6, 6.07) is 15.3. The zero-order chi connectivity index (χ0) is 18.1. The summed E-state index contributed by atoms with van der Waals surface area (Å²) in [6.07, 6.45) is 0. The largest absolute Gasteiger partial charge is 0.296 e. The quantitative estimate of drug-likeness (QED) is 0.722. The molecule has 2 amide bonds. The van der Waals surface area contributed by atoms with Gasteiger partial charge in [-0.3, -0.25) is 24.3 Å². The lowest BCUT2D eigenvalue weighted by Gasteiger charge is -2.36. The first-order valence-corrected chi connectivity index (χ1v) is 9.56. The van der Waals surface area contributed by atoms with E-state index in [9.17, 15) is 9.59 Å². The molecule has 4 rings (SSSR count). The van der Waals surface area contributed by atoms with E-state index in [4.69, 9.17) is 0 Å². The first kappa shape index (κ1) is 17.4. The highest BCUT2D eigenvalue weighted by molar-refractivity contribution is 9.10. The number of nitrogens with zero attached hydrogens (tertiary/aromatic N) is 3. The van der Waals surface area contributed by atoms with Crippen molar-refractivity contribution in [2.75, 3.05) is 32.8 Å². The molecule has 0 atom stereocenters. The second-order valence-electron chi connectivity index (χ2n) is 6.71. The molecular weight excluding hydrogens is 394 g/mol. The van der Waals surface area contributed by atoms with Crippen LogP contribution in [0.3, 0.4) is 0 Å². The molecule has 0 aromatic heterocycles. The molecule has 5 nitrogen and oxygen atoms in total. The van der Waals surface area contributed by atoms with Crippen LogP contribution in [0.15, 0.2) is 53.0 Å². The summed E-state index contributed by atoms with van der Waals surface area (Å²) in [5.41, 5.74) is 2.32. The van der Waals surface area contributed by atoms with Gasteiger partial charge in [0.15, 0.2) is 0 Å². The molecule has 2 heterocycles. The van der Waals surface area contributed by atoms with Crippen LogP contribution in [0.2, 0.25) is 0 Å². The van der Waals surface area contributed by atoms with E-state index in [1.165, 1.54) is 10.5 Å². The Balaban J connectivity index is 1.34. The van der Waals surface area contributed by atoms with E-state index >= 15 is 0 Å². The van der Waals surface area contributed by atoms with E-state index in [0.29, 0.717) is 17.8 Å². The lowest BCUT2D eigenvalue weighted by atomic mass is 10.1. The van der Waals surface area contributed by atoms with Gasteiger partial charge in [0.1, 0.15) is 0 Å². The van der Waals surface area contributed by atoms with Crippen LogP contribution in [0.25, 0.3) is 0 Å². The fourth-order valence-corrected chi connectivity index (χ4v) is 3.93. The lowest BCUT2D eigenvalue weighted by Crippen LogP contribution is -2.50. The minimum absolute atomic E-state index is 0.179. The summed E-state index contributed by atoms with van der Waals surface area (Å²) in [4.78, 5) is 30.9. The average molecular weight is 414 g/mol. The van der Waals surface area contributed by atoms with Crippen LogP contribution in [-0.2, 0) is 6.54 Å². The molecule has 2 aliphatic rings. The molecule has 0 spiro atoms. The van der Waals surface area contributed by atoms with Crippen molar-refractivity contribution in [1.82, 2.24) is 14.7 Å². The Bertz CT molecular complexity index is 811. The number of piperazine rings is 1. The molecule has 134 valence electrons. The number of rotatable bonds is 4. The van der Waals surface area contributed by atoms with Gasteiger partial charge in [0.05, 0.1) is 17.8 Å². The van der Waals surface area contributed by atoms with Gasteiger partial charge in [-0.05, 0) is 23.8 Å². The maximum atomic E-state index is 12.5. The molecule has 26 heavy (non-hydrogen) atoms. The topological polar surface area (TPSA) is 43.9 Å². The Hall–Kier alpha value is -2.02.